The van der Waals surface area contributed by atoms with Crippen LogP contribution in [0, 0.1) is 16.0 Å². The van der Waals surface area contributed by atoms with Gasteiger partial charge in [0.2, 0.25) is 0 Å². The summed E-state index contributed by atoms with van der Waals surface area (Å²) in [6, 6.07) is 0.0902. The maximum Gasteiger partial charge on any atom is 0.311 e. The maximum absolute atomic E-state index is 10.9. The van der Waals surface area contributed by atoms with Crippen LogP contribution in [0.1, 0.15) is 12.8 Å². The Morgan fingerprint density at radius 1 is 1.65 bits per heavy atom. The molecule has 1 saturated carbocycles. The van der Waals surface area contributed by atoms with Crippen LogP contribution in [0.15, 0.2) is 16.9 Å². The van der Waals surface area contributed by atoms with Gasteiger partial charge in [-0.2, -0.15) is 0 Å². The van der Waals surface area contributed by atoms with E-state index in [1.54, 1.807) is 0 Å². The summed E-state index contributed by atoms with van der Waals surface area (Å²) >= 11 is 3.27. The van der Waals surface area contributed by atoms with Gasteiger partial charge in [-0.1, -0.05) is 0 Å². The van der Waals surface area contributed by atoms with Gasteiger partial charge in [-0.05, 0) is 34.7 Å². The van der Waals surface area contributed by atoms with E-state index in [0.29, 0.717) is 22.6 Å². The van der Waals surface area contributed by atoms with E-state index in [1.807, 2.05) is 0 Å². The molecule has 0 amide bonds. The molecule has 0 spiro atoms. The first-order valence-corrected chi connectivity index (χ1v) is 6.17. The molecule has 0 saturated heterocycles. The first-order valence-electron chi connectivity index (χ1n) is 5.38. The molecule has 3 N–H and O–H groups in total. The largest absolute Gasteiger partial charge is 0.374 e. The van der Waals surface area contributed by atoms with E-state index in [-0.39, 0.29) is 11.7 Å². The van der Waals surface area contributed by atoms with Crippen LogP contribution < -0.4 is 11.1 Å². The second kappa shape index (κ2) is 4.97. The van der Waals surface area contributed by atoms with E-state index in [0.717, 1.165) is 12.8 Å². The van der Waals surface area contributed by atoms with Crippen molar-refractivity contribution in [1.82, 2.24) is 4.98 Å². The summed E-state index contributed by atoms with van der Waals surface area (Å²) in [6.07, 6.45) is 5.04. The lowest BCUT2D eigenvalue weighted by Gasteiger charge is -2.18. The predicted octanol–water partition coefficient (Wildman–Crippen LogP) is 1.90. The molecule has 1 aromatic heterocycles. The van der Waals surface area contributed by atoms with Crippen molar-refractivity contribution in [2.75, 3.05) is 11.9 Å². The molecule has 1 aliphatic rings. The predicted molar refractivity (Wildman–Crippen MR) is 67.8 cm³/mol. The second-order valence-electron chi connectivity index (χ2n) is 4.10. The van der Waals surface area contributed by atoms with Crippen molar-refractivity contribution < 1.29 is 4.92 Å². The normalized spacial score (nSPS) is 16.6. The Morgan fingerprint density at radius 2 is 2.35 bits per heavy atom. The van der Waals surface area contributed by atoms with Gasteiger partial charge in [0.1, 0.15) is 11.9 Å². The topological polar surface area (TPSA) is 94.1 Å². The minimum Gasteiger partial charge on any atom is -0.374 e. The van der Waals surface area contributed by atoms with Crippen LogP contribution in [0.3, 0.4) is 0 Å². The van der Waals surface area contributed by atoms with Crippen LogP contribution in [-0.4, -0.2) is 22.5 Å². The zero-order valence-corrected chi connectivity index (χ0v) is 10.7. The van der Waals surface area contributed by atoms with Crippen molar-refractivity contribution in [3.8, 4) is 0 Å². The van der Waals surface area contributed by atoms with E-state index >= 15 is 0 Å². The second-order valence-corrected chi connectivity index (χ2v) is 4.95. The highest BCUT2D eigenvalue weighted by molar-refractivity contribution is 9.10. The maximum atomic E-state index is 10.9. The zero-order chi connectivity index (χ0) is 12.4. The Balaban J connectivity index is 2.26. The number of nitrogens with one attached hydrogen (secondary N) is 1. The molecule has 1 fully saturated rings. The number of hydrogen-bond donors (Lipinski definition) is 2. The fraction of sp³-hybridized carbons (Fsp3) is 0.500. The van der Waals surface area contributed by atoms with E-state index in [1.165, 1.54) is 12.4 Å². The summed E-state index contributed by atoms with van der Waals surface area (Å²) < 4.78 is 0.589. The molecule has 2 rings (SSSR count). The fourth-order valence-electron chi connectivity index (χ4n) is 1.76. The van der Waals surface area contributed by atoms with Gasteiger partial charge in [0.15, 0.2) is 0 Å². The van der Waals surface area contributed by atoms with Gasteiger partial charge < -0.3 is 11.1 Å². The summed E-state index contributed by atoms with van der Waals surface area (Å²) in [5, 5.41) is 14.1. The third-order valence-corrected chi connectivity index (χ3v) is 3.45. The average Bonchev–Trinajstić information content (AvgIpc) is 3.11. The van der Waals surface area contributed by atoms with Gasteiger partial charge in [0.05, 0.1) is 9.40 Å². The van der Waals surface area contributed by atoms with Crippen molar-refractivity contribution in [1.29, 1.82) is 0 Å². The molecule has 17 heavy (non-hydrogen) atoms. The highest BCUT2D eigenvalue weighted by Crippen LogP contribution is 2.37. The van der Waals surface area contributed by atoms with E-state index in [2.05, 4.69) is 26.2 Å². The molecule has 0 radical (unpaired) electrons. The standard InChI is InChI=1S/C10H13BrN4O2/c11-7-4-13-5-9(15(16)17)10(7)14-8(3-12)6-1-2-6/h4-6,8H,1-3,12H2,(H,13,14). The summed E-state index contributed by atoms with van der Waals surface area (Å²) in [6.45, 7) is 0.469. The number of aromatic nitrogens is 1. The van der Waals surface area contributed by atoms with E-state index in [4.69, 9.17) is 5.73 Å². The van der Waals surface area contributed by atoms with Crippen LogP contribution in [0.4, 0.5) is 11.4 Å². The molecule has 1 aromatic rings. The molecular formula is C10H13BrN4O2. The van der Waals surface area contributed by atoms with Crippen LogP contribution in [0.2, 0.25) is 0 Å². The monoisotopic (exact) mass is 300 g/mol. The summed E-state index contributed by atoms with van der Waals surface area (Å²) in [5.74, 6) is 0.527. The lowest BCUT2D eigenvalue weighted by Crippen LogP contribution is -2.31. The van der Waals surface area contributed by atoms with Gasteiger partial charge >= 0.3 is 5.69 Å². The number of rotatable bonds is 5. The average molecular weight is 301 g/mol. The smallest absolute Gasteiger partial charge is 0.311 e. The molecule has 0 bridgehead atoms. The van der Waals surface area contributed by atoms with Crippen molar-refractivity contribution in [2.24, 2.45) is 11.7 Å². The van der Waals surface area contributed by atoms with Crippen LogP contribution >= 0.6 is 15.9 Å². The van der Waals surface area contributed by atoms with Crippen LogP contribution in [0.25, 0.3) is 0 Å². The van der Waals surface area contributed by atoms with Crippen molar-refractivity contribution >= 4 is 27.3 Å². The highest BCUT2D eigenvalue weighted by Gasteiger charge is 2.32. The number of anilines is 1. The Kier molecular flexibility index (Phi) is 3.58. The lowest BCUT2D eigenvalue weighted by atomic mass is 10.1. The molecule has 92 valence electrons. The van der Waals surface area contributed by atoms with Crippen LogP contribution in [0.5, 0.6) is 0 Å². The lowest BCUT2D eigenvalue weighted by molar-refractivity contribution is -0.384. The van der Waals surface area contributed by atoms with Gasteiger partial charge in [0.25, 0.3) is 0 Å². The van der Waals surface area contributed by atoms with Gasteiger partial charge in [-0.3, -0.25) is 15.1 Å². The third-order valence-electron chi connectivity index (χ3n) is 2.85. The highest BCUT2D eigenvalue weighted by atomic mass is 79.9. The van der Waals surface area contributed by atoms with E-state index in [9.17, 15) is 10.1 Å². The number of pyridine rings is 1. The number of nitrogens with zero attached hydrogens (tertiary/aromatic N) is 2. The molecule has 7 heteroatoms. The summed E-state index contributed by atoms with van der Waals surface area (Å²) in [5.41, 5.74) is 6.11. The first-order chi connectivity index (χ1) is 8.13. The van der Waals surface area contributed by atoms with Crippen molar-refractivity contribution in [2.45, 2.75) is 18.9 Å². The number of nitrogens with two attached hydrogens (primary N) is 1. The Hall–Kier alpha value is -1.21. The van der Waals surface area contributed by atoms with Crippen molar-refractivity contribution in [3.63, 3.8) is 0 Å². The van der Waals surface area contributed by atoms with E-state index < -0.39 is 4.92 Å². The summed E-state index contributed by atoms with van der Waals surface area (Å²) in [4.78, 5) is 14.3. The molecule has 1 unspecified atom stereocenters. The molecule has 1 atom stereocenters. The SMILES string of the molecule is NCC(Nc1c(Br)cncc1[N+](=O)[O-])C1CC1. The molecular weight excluding hydrogens is 288 g/mol. The Labute approximate surface area is 107 Å². The minimum atomic E-state index is -0.444. The van der Waals surface area contributed by atoms with Gasteiger partial charge in [-0.25, -0.2) is 0 Å². The Bertz CT molecular complexity index is 436. The minimum absolute atomic E-state index is 0.0292. The molecule has 0 aliphatic heterocycles. The quantitative estimate of drug-likeness (QED) is 0.640. The molecule has 1 heterocycles. The van der Waals surface area contributed by atoms with Crippen molar-refractivity contribution in [3.05, 3.63) is 27.0 Å². The zero-order valence-electron chi connectivity index (χ0n) is 9.10. The van der Waals surface area contributed by atoms with Crippen LogP contribution in [-0.2, 0) is 0 Å². The van der Waals surface area contributed by atoms with Gasteiger partial charge in [-0.15, -0.1) is 0 Å². The number of hydrogen-bond acceptors (Lipinski definition) is 5. The molecule has 1 aliphatic carbocycles. The summed E-state index contributed by atoms with van der Waals surface area (Å²) in [7, 11) is 0. The Morgan fingerprint density at radius 3 is 2.88 bits per heavy atom. The van der Waals surface area contributed by atoms with Gasteiger partial charge in [0, 0.05) is 18.8 Å². The number of halogens is 1. The number of nitro groups is 1. The molecule has 6 nitrogen and oxygen atoms in total. The third kappa shape index (κ3) is 2.73. The fourth-order valence-corrected chi connectivity index (χ4v) is 2.20. The first kappa shape index (κ1) is 12.3. The molecule has 0 aromatic carbocycles.